The maximum absolute atomic E-state index is 12.0. The van der Waals surface area contributed by atoms with Crippen LogP contribution in [-0.4, -0.2) is 46.3 Å². The van der Waals surface area contributed by atoms with Gasteiger partial charge in [-0.3, -0.25) is 19.2 Å². The van der Waals surface area contributed by atoms with Crippen LogP contribution >= 0.6 is 0 Å². The molecule has 1 aromatic rings. The van der Waals surface area contributed by atoms with Gasteiger partial charge in [0, 0.05) is 0 Å². The number of hydrogen-bond acceptors (Lipinski definition) is 6. The second kappa shape index (κ2) is 11.5. The molecule has 0 amide bonds. The normalized spacial score (nSPS) is 10.2. The molecule has 150 valence electrons. The maximum Gasteiger partial charge on any atom is 0.323 e. The summed E-state index contributed by atoms with van der Waals surface area (Å²) >= 11 is 0. The minimum Gasteiger partial charge on any atom is -0.497 e. The van der Waals surface area contributed by atoms with E-state index in [0.717, 1.165) is 5.56 Å². The van der Waals surface area contributed by atoms with E-state index in [0.29, 0.717) is 5.75 Å². The third-order valence-electron chi connectivity index (χ3n) is 3.84. The quantitative estimate of drug-likeness (QED) is 0.430. The topological polar surface area (TPSA) is 147 Å². The van der Waals surface area contributed by atoms with Gasteiger partial charge in [0.15, 0.2) is 5.41 Å². The van der Waals surface area contributed by atoms with Gasteiger partial charge in [-0.2, -0.15) is 0 Å². The Morgan fingerprint density at radius 2 is 1.41 bits per heavy atom. The van der Waals surface area contributed by atoms with Crippen LogP contribution in [0.2, 0.25) is 0 Å². The number of ether oxygens (including phenoxy) is 2. The lowest BCUT2D eigenvalue weighted by atomic mass is 9.82. The van der Waals surface area contributed by atoms with Crippen molar-refractivity contribution >= 4 is 23.9 Å². The number of aliphatic carboxylic acids is 3. The zero-order chi connectivity index (χ0) is 21.0. The van der Waals surface area contributed by atoms with Crippen LogP contribution in [0.1, 0.15) is 38.7 Å². The molecule has 0 aliphatic rings. The van der Waals surface area contributed by atoms with Gasteiger partial charge in [0.05, 0.1) is 7.11 Å². The smallest absolute Gasteiger partial charge is 0.323 e. The van der Waals surface area contributed by atoms with Gasteiger partial charge in [-0.1, -0.05) is 26.0 Å². The molecule has 1 aromatic carbocycles. The lowest BCUT2D eigenvalue weighted by Crippen LogP contribution is -2.39. The average molecular weight is 384 g/mol. The largest absolute Gasteiger partial charge is 0.497 e. The summed E-state index contributed by atoms with van der Waals surface area (Å²) in [5, 5.41) is 24.6. The molecule has 0 unspecified atom stereocenters. The summed E-state index contributed by atoms with van der Waals surface area (Å²) in [5.74, 6) is -3.74. The minimum absolute atomic E-state index is 0.0534. The Bertz CT molecular complexity index is 633. The number of carbonyl (C=O) groups excluding carboxylic acids is 1. The van der Waals surface area contributed by atoms with E-state index in [9.17, 15) is 24.3 Å². The van der Waals surface area contributed by atoms with Crippen LogP contribution < -0.4 is 4.74 Å². The molecule has 0 aromatic heterocycles. The van der Waals surface area contributed by atoms with Crippen LogP contribution in [0.5, 0.6) is 5.75 Å². The molecule has 0 aliphatic heterocycles. The summed E-state index contributed by atoms with van der Waals surface area (Å²) in [6.07, 6.45) is -0.388. The van der Waals surface area contributed by atoms with Crippen LogP contribution in [0.25, 0.3) is 0 Å². The Hall–Kier alpha value is -3.10. The summed E-state index contributed by atoms with van der Waals surface area (Å²) in [5.41, 5.74) is -0.669. The molecule has 1 rings (SSSR count). The van der Waals surface area contributed by atoms with Crippen molar-refractivity contribution in [3.05, 3.63) is 29.8 Å². The highest BCUT2D eigenvalue weighted by Crippen LogP contribution is 2.29. The number of carbonyl (C=O) groups is 4. The van der Waals surface area contributed by atoms with E-state index in [1.165, 1.54) is 0 Å². The van der Waals surface area contributed by atoms with Gasteiger partial charge in [-0.25, -0.2) is 0 Å². The monoisotopic (exact) mass is 384 g/mol. The van der Waals surface area contributed by atoms with Gasteiger partial charge in [-0.05, 0) is 30.5 Å². The van der Waals surface area contributed by atoms with Crippen LogP contribution in [0.15, 0.2) is 24.3 Å². The number of carboxylic acid groups (broad SMARTS) is 3. The first-order valence-electron chi connectivity index (χ1n) is 8.10. The van der Waals surface area contributed by atoms with Crippen LogP contribution in [0, 0.1) is 5.41 Å². The number of carboxylic acids is 3. The van der Waals surface area contributed by atoms with Gasteiger partial charge in [-0.15, -0.1) is 0 Å². The van der Waals surface area contributed by atoms with E-state index in [-0.39, 0.29) is 19.4 Å². The highest BCUT2D eigenvalue weighted by Gasteiger charge is 2.44. The lowest BCUT2D eigenvalue weighted by molar-refractivity contribution is -0.170. The molecule has 0 spiro atoms. The zero-order valence-corrected chi connectivity index (χ0v) is 15.4. The fourth-order valence-electron chi connectivity index (χ4n) is 2.07. The molecule has 0 saturated carbocycles. The first kappa shape index (κ1) is 23.9. The lowest BCUT2D eigenvalue weighted by Gasteiger charge is -2.24. The third-order valence-corrected chi connectivity index (χ3v) is 3.84. The molecule has 0 atom stereocenters. The molecule has 0 radical (unpaired) electrons. The predicted octanol–water partition coefficient (Wildman–Crippen LogP) is 2.18. The predicted molar refractivity (Wildman–Crippen MR) is 93.3 cm³/mol. The number of rotatable bonds is 9. The van der Waals surface area contributed by atoms with Gasteiger partial charge in [0.25, 0.3) is 0 Å². The summed E-state index contributed by atoms with van der Waals surface area (Å²) < 4.78 is 10.2. The average Bonchev–Trinajstić information content (AvgIpc) is 2.61. The molecule has 9 nitrogen and oxygen atoms in total. The van der Waals surface area contributed by atoms with Crippen molar-refractivity contribution < 1.29 is 44.0 Å². The summed E-state index contributed by atoms with van der Waals surface area (Å²) in [4.78, 5) is 42.2. The summed E-state index contributed by atoms with van der Waals surface area (Å²) in [7, 11) is 1.57. The van der Waals surface area contributed by atoms with Crippen molar-refractivity contribution in [1.82, 2.24) is 0 Å². The van der Waals surface area contributed by atoms with E-state index in [2.05, 4.69) is 0 Å². The molecule has 27 heavy (non-hydrogen) atoms. The van der Waals surface area contributed by atoms with E-state index in [1.807, 2.05) is 0 Å². The van der Waals surface area contributed by atoms with Crippen molar-refractivity contribution in [3.8, 4) is 5.75 Å². The molecule has 0 aliphatic carbocycles. The standard InChI is InChI=1S/C15H20O5.C3H4O4/c1-4-15(5-2,13(16)17)14(18)20-10-11-6-8-12(19-3)9-7-11;4-2(5)1-3(6)7/h6-9H,4-5,10H2,1-3H3,(H,16,17);1H2,(H,4,5)(H,6,7). The van der Waals surface area contributed by atoms with Crippen LogP contribution in [0.3, 0.4) is 0 Å². The molecular weight excluding hydrogens is 360 g/mol. The number of esters is 1. The first-order chi connectivity index (χ1) is 12.6. The Balaban J connectivity index is 0.000000821. The zero-order valence-electron chi connectivity index (χ0n) is 15.4. The SMILES string of the molecule is CCC(CC)(C(=O)O)C(=O)OCc1ccc(OC)cc1.O=C(O)CC(=O)O. The molecule has 0 heterocycles. The van der Waals surface area contributed by atoms with E-state index < -0.39 is 35.7 Å². The van der Waals surface area contributed by atoms with E-state index in [1.54, 1.807) is 45.2 Å². The highest BCUT2D eigenvalue weighted by molar-refractivity contribution is 5.99. The van der Waals surface area contributed by atoms with Crippen molar-refractivity contribution in [1.29, 1.82) is 0 Å². The minimum atomic E-state index is -1.45. The second-order valence-corrected chi connectivity index (χ2v) is 5.48. The van der Waals surface area contributed by atoms with Gasteiger partial charge in [0.2, 0.25) is 0 Å². The van der Waals surface area contributed by atoms with Crippen molar-refractivity contribution in [2.24, 2.45) is 5.41 Å². The summed E-state index contributed by atoms with van der Waals surface area (Å²) in [6.45, 7) is 3.40. The maximum atomic E-state index is 12.0. The Labute approximate surface area is 156 Å². The molecule has 0 saturated heterocycles. The van der Waals surface area contributed by atoms with Crippen molar-refractivity contribution in [3.63, 3.8) is 0 Å². The van der Waals surface area contributed by atoms with E-state index >= 15 is 0 Å². The van der Waals surface area contributed by atoms with Gasteiger partial charge in [0.1, 0.15) is 18.8 Å². The molecule has 9 heteroatoms. The van der Waals surface area contributed by atoms with Gasteiger partial charge >= 0.3 is 23.9 Å². The highest BCUT2D eigenvalue weighted by atomic mass is 16.5. The molecule has 0 bridgehead atoms. The van der Waals surface area contributed by atoms with Crippen molar-refractivity contribution in [2.75, 3.05) is 7.11 Å². The Morgan fingerprint density at radius 1 is 0.926 bits per heavy atom. The molecule has 3 N–H and O–H groups in total. The second-order valence-electron chi connectivity index (χ2n) is 5.48. The molecular formula is C18H24O9. The van der Waals surface area contributed by atoms with Crippen LogP contribution in [-0.2, 0) is 30.5 Å². The fourth-order valence-corrected chi connectivity index (χ4v) is 2.07. The Kier molecular flexibility index (Phi) is 10.2. The number of benzene rings is 1. The van der Waals surface area contributed by atoms with Crippen LogP contribution in [0.4, 0.5) is 0 Å². The summed E-state index contributed by atoms with van der Waals surface area (Å²) in [6, 6.07) is 7.05. The molecule has 0 fully saturated rings. The first-order valence-corrected chi connectivity index (χ1v) is 8.10. The third kappa shape index (κ3) is 7.76. The Morgan fingerprint density at radius 3 is 1.70 bits per heavy atom. The van der Waals surface area contributed by atoms with E-state index in [4.69, 9.17) is 19.7 Å². The van der Waals surface area contributed by atoms with Crippen molar-refractivity contribution in [2.45, 2.75) is 39.7 Å². The fraction of sp³-hybridized carbons (Fsp3) is 0.444. The number of hydrogen-bond donors (Lipinski definition) is 3. The van der Waals surface area contributed by atoms with Gasteiger partial charge < -0.3 is 24.8 Å². The number of methoxy groups -OCH3 is 1.